The van der Waals surface area contributed by atoms with Gasteiger partial charge in [-0.3, -0.25) is 4.79 Å². The second kappa shape index (κ2) is 7.74. The second-order valence-electron chi connectivity index (χ2n) is 6.28. The topological polar surface area (TPSA) is 66.5 Å². The molecule has 0 bridgehead atoms. The van der Waals surface area contributed by atoms with Gasteiger partial charge >= 0.3 is 6.18 Å². The van der Waals surface area contributed by atoms with Crippen LogP contribution < -0.4 is 5.32 Å². The van der Waals surface area contributed by atoms with Crippen molar-refractivity contribution in [2.24, 2.45) is 5.92 Å². The number of benzene rings is 1. The highest BCUT2D eigenvalue weighted by molar-refractivity contribution is 7.88. The van der Waals surface area contributed by atoms with Gasteiger partial charge in [-0.1, -0.05) is 12.1 Å². The molecule has 1 aromatic carbocycles. The zero-order valence-corrected chi connectivity index (χ0v) is 14.7. The van der Waals surface area contributed by atoms with Crippen LogP contribution in [-0.2, 0) is 27.4 Å². The van der Waals surface area contributed by atoms with Crippen LogP contribution >= 0.6 is 0 Å². The van der Waals surface area contributed by atoms with Crippen molar-refractivity contribution in [2.45, 2.75) is 25.4 Å². The van der Waals surface area contributed by atoms with E-state index in [9.17, 15) is 26.4 Å². The van der Waals surface area contributed by atoms with Crippen molar-refractivity contribution in [3.63, 3.8) is 0 Å². The first-order valence-electron chi connectivity index (χ1n) is 7.93. The molecule has 5 nitrogen and oxygen atoms in total. The minimum Gasteiger partial charge on any atom is -0.356 e. The molecule has 0 unspecified atom stereocenters. The maximum Gasteiger partial charge on any atom is 0.416 e. The third-order valence-corrected chi connectivity index (χ3v) is 5.58. The van der Waals surface area contributed by atoms with Crippen LogP contribution in [0.25, 0.3) is 0 Å². The largest absolute Gasteiger partial charge is 0.416 e. The summed E-state index contributed by atoms with van der Waals surface area (Å²) in [6.07, 6.45) is -1.84. The molecule has 0 radical (unpaired) electrons. The first-order chi connectivity index (χ1) is 11.6. The van der Waals surface area contributed by atoms with Crippen molar-refractivity contribution < 1.29 is 26.4 Å². The van der Waals surface area contributed by atoms with Crippen molar-refractivity contribution in [1.82, 2.24) is 9.62 Å². The fraction of sp³-hybridized carbons (Fsp3) is 0.562. The molecule has 1 amide bonds. The summed E-state index contributed by atoms with van der Waals surface area (Å²) < 4.78 is 61.8. The van der Waals surface area contributed by atoms with Gasteiger partial charge in [-0.15, -0.1) is 0 Å². The molecule has 1 aliphatic rings. The number of piperidine rings is 1. The third-order valence-electron chi connectivity index (χ3n) is 4.28. The molecule has 1 fully saturated rings. The van der Waals surface area contributed by atoms with Gasteiger partial charge in [0.2, 0.25) is 15.9 Å². The molecule has 0 aromatic heterocycles. The van der Waals surface area contributed by atoms with E-state index >= 15 is 0 Å². The average molecular weight is 378 g/mol. The molecule has 0 spiro atoms. The van der Waals surface area contributed by atoms with E-state index in [0.717, 1.165) is 12.1 Å². The Bertz CT molecular complexity index is 694. The number of halogens is 3. The summed E-state index contributed by atoms with van der Waals surface area (Å²) >= 11 is 0. The molecule has 140 valence electrons. The van der Waals surface area contributed by atoms with E-state index in [-0.39, 0.29) is 18.2 Å². The monoisotopic (exact) mass is 378 g/mol. The number of amides is 1. The number of carbonyl (C=O) groups excluding carboxylic acids is 1. The van der Waals surface area contributed by atoms with Crippen LogP contribution in [0.4, 0.5) is 13.2 Å². The Labute approximate surface area is 145 Å². The average Bonchev–Trinajstić information content (AvgIpc) is 2.52. The molecule has 1 N–H and O–H groups in total. The van der Waals surface area contributed by atoms with Gasteiger partial charge in [0.1, 0.15) is 0 Å². The van der Waals surface area contributed by atoms with Crippen LogP contribution in [0.2, 0.25) is 0 Å². The fourth-order valence-electron chi connectivity index (χ4n) is 2.76. The van der Waals surface area contributed by atoms with E-state index in [2.05, 4.69) is 5.32 Å². The number of alkyl halides is 3. The summed E-state index contributed by atoms with van der Waals surface area (Å²) in [4.78, 5) is 11.9. The highest BCUT2D eigenvalue weighted by Gasteiger charge is 2.30. The lowest BCUT2D eigenvalue weighted by Gasteiger charge is -2.30. The molecule has 0 aliphatic carbocycles. The SMILES string of the molecule is CS(=O)(=O)N1CCC(CNC(=O)Cc2ccc(C(F)(F)F)cc2)CC1. The molecule has 2 rings (SSSR count). The zero-order chi connectivity index (χ0) is 18.7. The Morgan fingerprint density at radius 1 is 1.20 bits per heavy atom. The molecule has 1 saturated heterocycles. The molecule has 0 saturated carbocycles. The van der Waals surface area contributed by atoms with Crippen LogP contribution in [0.1, 0.15) is 24.0 Å². The number of hydrogen-bond acceptors (Lipinski definition) is 3. The van der Waals surface area contributed by atoms with Crippen LogP contribution in [0, 0.1) is 5.92 Å². The Balaban J connectivity index is 1.76. The molecule has 1 aromatic rings. The number of hydrogen-bond donors (Lipinski definition) is 1. The van der Waals surface area contributed by atoms with Crippen molar-refractivity contribution in [3.8, 4) is 0 Å². The van der Waals surface area contributed by atoms with E-state index in [1.807, 2.05) is 0 Å². The van der Waals surface area contributed by atoms with Crippen molar-refractivity contribution in [1.29, 1.82) is 0 Å². The lowest BCUT2D eigenvalue weighted by atomic mass is 9.98. The van der Waals surface area contributed by atoms with E-state index in [0.29, 0.717) is 38.0 Å². The predicted octanol–water partition coefficient (Wildman–Crippen LogP) is 2.04. The van der Waals surface area contributed by atoms with Gasteiger partial charge < -0.3 is 5.32 Å². The summed E-state index contributed by atoms with van der Waals surface area (Å²) in [6.45, 7) is 1.33. The van der Waals surface area contributed by atoms with Gasteiger partial charge in [-0.2, -0.15) is 13.2 Å². The van der Waals surface area contributed by atoms with Gasteiger partial charge in [0, 0.05) is 19.6 Å². The van der Waals surface area contributed by atoms with Crippen molar-refractivity contribution in [3.05, 3.63) is 35.4 Å². The summed E-state index contributed by atoms with van der Waals surface area (Å²) in [7, 11) is -3.17. The van der Waals surface area contributed by atoms with E-state index in [1.54, 1.807) is 0 Å². The van der Waals surface area contributed by atoms with Gasteiger partial charge in [0.05, 0.1) is 18.2 Å². The maximum atomic E-state index is 12.5. The maximum absolute atomic E-state index is 12.5. The number of rotatable bonds is 5. The number of nitrogens with one attached hydrogen (secondary N) is 1. The third kappa shape index (κ3) is 6.00. The molecular weight excluding hydrogens is 357 g/mol. The lowest BCUT2D eigenvalue weighted by Crippen LogP contribution is -2.41. The quantitative estimate of drug-likeness (QED) is 0.853. The Kier molecular flexibility index (Phi) is 6.10. The molecule has 9 heteroatoms. The first kappa shape index (κ1) is 19.7. The van der Waals surface area contributed by atoms with Crippen LogP contribution in [0.15, 0.2) is 24.3 Å². The zero-order valence-electron chi connectivity index (χ0n) is 13.8. The van der Waals surface area contributed by atoms with Gasteiger partial charge in [-0.05, 0) is 36.5 Å². The van der Waals surface area contributed by atoms with Crippen LogP contribution in [0.5, 0.6) is 0 Å². The van der Waals surface area contributed by atoms with Crippen LogP contribution in [-0.4, -0.2) is 44.5 Å². The molecule has 1 heterocycles. The summed E-state index contributed by atoms with van der Waals surface area (Å²) in [5.41, 5.74) is -0.230. The normalized spacial score (nSPS) is 17.4. The predicted molar refractivity (Wildman–Crippen MR) is 87.3 cm³/mol. The lowest BCUT2D eigenvalue weighted by molar-refractivity contribution is -0.137. The van der Waals surface area contributed by atoms with Crippen molar-refractivity contribution in [2.75, 3.05) is 25.9 Å². The molecule has 1 aliphatic heterocycles. The van der Waals surface area contributed by atoms with Gasteiger partial charge in [-0.25, -0.2) is 12.7 Å². The second-order valence-corrected chi connectivity index (χ2v) is 8.26. The summed E-state index contributed by atoms with van der Waals surface area (Å²) in [5, 5.41) is 2.77. The Morgan fingerprint density at radius 2 is 1.76 bits per heavy atom. The number of sulfonamides is 1. The highest BCUT2D eigenvalue weighted by Crippen LogP contribution is 2.29. The smallest absolute Gasteiger partial charge is 0.356 e. The highest BCUT2D eigenvalue weighted by atomic mass is 32.2. The number of nitrogens with zero attached hydrogens (tertiary/aromatic N) is 1. The number of carbonyl (C=O) groups is 1. The fourth-order valence-corrected chi connectivity index (χ4v) is 3.64. The molecule has 25 heavy (non-hydrogen) atoms. The van der Waals surface area contributed by atoms with Crippen LogP contribution in [0.3, 0.4) is 0 Å². The summed E-state index contributed by atoms with van der Waals surface area (Å²) in [6, 6.07) is 4.52. The van der Waals surface area contributed by atoms with Gasteiger partial charge in [0.25, 0.3) is 0 Å². The minimum atomic E-state index is -4.39. The Morgan fingerprint density at radius 3 is 2.24 bits per heavy atom. The van der Waals surface area contributed by atoms with E-state index in [4.69, 9.17) is 0 Å². The standard InChI is InChI=1S/C16H21F3N2O3S/c1-25(23,24)21-8-6-13(7-9-21)11-20-15(22)10-12-2-4-14(5-3-12)16(17,18)19/h2-5,13H,6-11H2,1H3,(H,20,22). The Hall–Kier alpha value is -1.61. The van der Waals surface area contributed by atoms with E-state index in [1.165, 1.54) is 22.7 Å². The minimum absolute atomic E-state index is 0.0142. The van der Waals surface area contributed by atoms with Crippen molar-refractivity contribution >= 4 is 15.9 Å². The van der Waals surface area contributed by atoms with E-state index < -0.39 is 21.8 Å². The van der Waals surface area contributed by atoms with Gasteiger partial charge in [0.15, 0.2) is 0 Å². The molecule has 0 atom stereocenters. The summed E-state index contributed by atoms with van der Waals surface area (Å²) in [5.74, 6) is -0.0557. The molecular formula is C16H21F3N2O3S. The first-order valence-corrected chi connectivity index (χ1v) is 9.78.